The van der Waals surface area contributed by atoms with Crippen LogP contribution < -0.4 is 16.6 Å². The average molecular weight is 303 g/mol. The summed E-state index contributed by atoms with van der Waals surface area (Å²) < 4.78 is 0. The first-order valence-electron chi connectivity index (χ1n) is 6.62. The summed E-state index contributed by atoms with van der Waals surface area (Å²) in [5, 5.41) is 2.74. The van der Waals surface area contributed by atoms with Crippen LogP contribution in [0.3, 0.4) is 0 Å². The molecule has 0 aliphatic rings. The molecule has 0 radical (unpaired) electrons. The number of aromatic amines is 1. The summed E-state index contributed by atoms with van der Waals surface area (Å²) in [7, 11) is 0. The minimum absolute atomic E-state index is 0.296. The van der Waals surface area contributed by atoms with Crippen molar-refractivity contribution < 1.29 is 4.79 Å². The van der Waals surface area contributed by atoms with Gasteiger partial charge in [0.1, 0.15) is 0 Å². The minimum Gasteiger partial charge on any atom is -0.397 e. The second-order valence-electron chi connectivity index (χ2n) is 4.49. The first kappa shape index (κ1) is 15.2. The summed E-state index contributed by atoms with van der Waals surface area (Å²) in [6.45, 7) is 2.11. The molecule has 1 aromatic heterocycles. The van der Waals surface area contributed by atoms with Crippen LogP contribution in [0.15, 0.2) is 46.2 Å². The monoisotopic (exact) mass is 303 g/mol. The van der Waals surface area contributed by atoms with Gasteiger partial charge in [-0.05, 0) is 36.4 Å². The molecule has 21 heavy (non-hydrogen) atoms. The molecule has 110 valence electrons. The lowest BCUT2D eigenvalue weighted by molar-refractivity contribution is 0.102. The number of hydrogen-bond acceptors (Lipinski definition) is 4. The Morgan fingerprint density at radius 2 is 2.14 bits per heavy atom. The SMILES string of the molecule is CCCSc1ccc(N)c(NC(=O)c2cc[nH]c(=O)c2)c1. The summed E-state index contributed by atoms with van der Waals surface area (Å²) in [4.78, 5) is 26.9. The number of nitrogens with two attached hydrogens (primary N) is 1. The summed E-state index contributed by atoms with van der Waals surface area (Å²) in [6.07, 6.45) is 2.51. The highest BCUT2D eigenvalue weighted by atomic mass is 32.2. The van der Waals surface area contributed by atoms with Crippen molar-refractivity contribution in [3.8, 4) is 0 Å². The molecule has 0 unspecified atom stereocenters. The van der Waals surface area contributed by atoms with Gasteiger partial charge in [-0.2, -0.15) is 0 Å². The van der Waals surface area contributed by atoms with Gasteiger partial charge in [0.15, 0.2) is 0 Å². The van der Waals surface area contributed by atoms with Crippen molar-refractivity contribution in [3.63, 3.8) is 0 Å². The molecule has 1 aromatic carbocycles. The van der Waals surface area contributed by atoms with E-state index in [1.54, 1.807) is 23.9 Å². The van der Waals surface area contributed by atoms with Crippen LogP contribution in [-0.2, 0) is 0 Å². The maximum atomic E-state index is 12.1. The summed E-state index contributed by atoms with van der Waals surface area (Å²) in [5.41, 5.74) is 6.91. The van der Waals surface area contributed by atoms with Crippen molar-refractivity contribution in [1.82, 2.24) is 4.98 Å². The zero-order valence-corrected chi connectivity index (χ0v) is 12.5. The largest absolute Gasteiger partial charge is 0.397 e. The number of pyridine rings is 1. The van der Waals surface area contributed by atoms with Crippen LogP contribution in [0.25, 0.3) is 0 Å². The van der Waals surface area contributed by atoms with Crippen LogP contribution in [0.4, 0.5) is 11.4 Å². The fourth-order valence-electron chi connectivity index (χ4n) is 1.73. The lowest BCUT2D eigenvalue weighted by Gasteiger charge is -2.10. The molecule has 5 nitrogen and oxygen atoms in total. The Labute approximate surface area is 127 Å². The van der Waals surface area contributed by atoms with Crippen LogP contribution in [0, 0.1) is 0 Å². The lowest BCUT2D eigenvalue weighted by Crippen LogP contribution is -2.16. The lowest BCUT2D eigenvalue weighted by atomic mass is 10.2. The molecular formula is C15H17N3O2S. The van der Waals surface area contributed by atoms with E-state index in [9.17, 15) is 9.59 Å². The van der Waals surface area contributed by atoms with Gasteiger partial charge in [-0.25, -0.2) is 0 Å². The molecule has 1 amide bonds. The molecule has 0 aliphatic carbocycles. The van der Waals surface area contributed by atoms with Crippen molar-refractivity contribution in [3.05, 3.63) is 52.4 Å². The number of nitrogen functional groups attached to an aromatic ring is 1. The van der Waals surface area contributed by atoms with Gasteiger partial charge in [-0.15, -0.1) is 11.8 Å². The van der Waals surface area contributed by atoms with Crippen molar-refractivity contribution in [2.24, 2.45) is 0 Å². The highest BCUT2D eigenvalue weighted by Crippen LogP contribution is 2.27. The predicted molar refractivity (Wildman–Crippen MR) is 86.9 cm³/mol. The predicted octanol–water partition coefficient (Wildman–Crippen LogP) is 2.71. The number of rotatable bonds is 5. The minimum atomic E-state index is -0.356. The van der Waals surface area contributed by atoms with Gasteiger partial charge in [0.25, 0.3) is 5.91 Å². The number of carbonyl (C=O) groups is 1. The molecule has 0 fully saturated rings. The molecule has 4 N–H and O–H groups in total. The maximum absolute atomic E-state index is 12.1. The van der Waals surface area contributed by atoms with E-state index in [2.05, 4.69) is 17.2 Å². The third-order valence-corrected chi connectivity index (χ3v) is 3.98. The first-order valence-corrected chi connectivity index (χ1v) is 7.61. The van der Waals surface area contributed by atoms with Gasteiger partial charge in [-0.3, -0.25) is 9.59 Å². The van der Waals surface area contributed by atoms with Gasteiger partial charge in [-0.1, -0.05) is 6.92 Å². The van der Waals surface area contributed by atoms with E-state index in [1.807, 2.05) is 12.1 Å². The summed E-state index contributed by atoms with van der Waals surface area (Å²) >= 11 is 1.71. The Hall–Kier alpha value is -2.21. The number of aromatic nitrogens is 1. The molecule has 2 aromatic rings. The zero-order chi connectivity index (χ0) is 15.2. The second kappa shape index (κ2) is 6.99. The summed E-state index contributed by atoms with van der Waals surface area (Å²) in [6, 6.07) is 8.34. The van der Waals surface area contributed by atoms with Crippen LogP contribution in [-0.4, -0.2) is 16.6 Å². The molecule has 2 rings (SSSR count). The van der Waals surface area contributed by atoms with E-state index in [0.29, 0.717) is 16.9 Å². The number of hydrogen-bond donors (Lipinski definition) is 3. The van der Waals surface area contributed by atoms with E-state index in [0.717, 1.165) is 17.1 Å². The molecule has 0 atom stereocenters. The summed E-state index contributed by atoms with van der Waals surface area (Å²) in [5.74, 6) is 0.649. The fraction of sp³-hybridized carbons (Fsp3) is 0.200. The normalized spacial score (nSPS) is 10.3. The van der Waals surface area contributed by atoms with Gasteiger partial charge >= 0.3 is 0 Å². The molecule has 1 heterocycles. The van der Waals surface area contributed by atoms with Crippen LogP contribution in [0.1, 0.15) is 23.7 Å². The van der Waals surface area contributed by atoms with Crippen molar-refractivity contribution in [1.29, 1.82) is 0 Å². The van der Waals surface area contributed by atoms with Crippen molar-refractivity contribution >= 4 is 29.0 Å². The molecule has 0 aliphatic heterocycles. The highest BCUT2D eigenvalue weighted by molar-refractivity contribution is 7.99. The molecule has 0 saturated heterocycles. The third kappa shape index (κ3) is 4.13. The average Bonchev–Trinajstić information content (AvgIpc) is 2.48. The Bertz CT molecular complexity index is 697. The Morgan fingerprint density at radius 3 is 2.86 bits per heavy atom. The maximum Gasteiger partial charge on any atom is 0.255 e. The number of benzene rings is 1. The standard InChI is InChI=1S/C15H17N3O2S/c1-2-7-21-11-3-4-12(16)13(9-11)18-15(20)10-5-6-17-14(19)8-10/h3-6,8-9H,2,7,16H2,1H3,(H,17,19)(H,18,20). The van der Waals surface area contributed by atoms with Crippen molar-refractivity contribution in [2.75, 3.05) is 16.8 Å². The first-order chi connectivity index (χ1) is 10.1. The molecule has 0 spiro atoms. The highest BCUT2D eigenvalue weighted by Gasteiger charge is 2.09. The number of H-pyrrole nitrogens is 1. The number of carbonyl (C=O) groups excluding carboxylic acids is 1. The van der Waals surface area contributed by atoms with Gasteiger partial charge in [0.2, 0.25) is 5.56 Å². The zero-order valence-electron chi connectivity index (χ0n) is 11.7. The Balaban J connectivity index is 2.18. The van der Waals surface area contributed by atoms with E-state index >= 15 is 0 Å². The molecular weight excluding hydrogens is 286 g/mol. The van der Waals surface area contributed by atoms with Gasteiger partial charge in [0.05, 0.1) is 11.4 Å². The quantitative estimate of drug-likeness (QED) is 0.585. The van der Waals surface area contributed by atoms with Crippen LogP contribution >= 0.6 is 11.8 Å². The Kier molecular flexibility index (Phi) is 5.05. The van der Waals surface area contributed by atoms with Crippen molar-refractivity contribution in [2.45, 2.75) is 18.2 Å². The van der Waals surface area contributed by atoms with Crippen LogP contribution in [0.5, 0.6) is 0 Å². The Morgan fingerprint density at radius 1 is 1.33 bits per heavy atom. The van der Waals surface area contributed by atoms with E-state index in [1.165, 1.54) is 12.3 Å². The number of anilines is 2. The smallest absolute Gasteiger partial charge is 0.255 e. The molecule has 6 heteroatoms. The van der Waals surface area contributed by atoms with E-state index in [4.69, 9.17) is 5.73 Å². The molecule has 0 bridgehead atoms. The second-order valence-corrected chi connectivity index (χ2v) is 5.66. The van der Waals surface area contributed by atoms with Gasteiger partial charge < -0.3 is 16.0 Å². The fourth-order valence-corrected chi connectivity index (χ4v) is 2.54. The topological polar surface area (TPSA) is 88.0 Å². The third-order valence-electron chi connectivity index (χ3n) is 2.78. The van der Waals surface area contributed by atoms with Crippen LogP contribution in [0.2, 0.25) is 0 Å². The van der Waals surface area contributed by atoms with Gasteiger partial charge in [0, 0.05) is 22.7 Å². The number of amides is 1. The van der Waals surface area contributed by atoms with E-state index in [-0.39, 0.29) is 11.5 Å². The number of nitrogens with one attached hydrogen (secondary N) is 2. The number of thioether (sulfide) groups is 1. The molecule has 0 saturated carbocycles. The van der Waals surface area contributed by atoms with E-state index < -0.39 is 0 Å².